The zero-order valence-electron chi connectivity index (χ0n) is 17.9. The summed E-state index contributed by atoms with van der Waals surface area (Å²) in [4.78, 5) is 18.7. The molecule has 168 valence electrons. The van der Waals surface area contributed by atoms with Gasteiger partial charge in [-0.1, -0.05) is 30.3 Å². The van der Waals surface area contributed by atoms with Crippen LogP contribution in [0.2, 0.25) is 0 Å². The van der Waals surface area contributed by atoms with Gasteiger partial charge < -0.3 is 19.5 Å². The molecule has 2 aromatic rings. The number of hydrogen-bond acceptors (Lipinski definition) is 5. The summed E-state index contributed by atoms with van der Waals surface area (Å²) in [5.74, 6) is -0.113. The van der Waals surface area contributed by atoms with Crippen molar-refractivity contribution in [2.24, 2.45) is 0 Å². The van der Waals surface area contributed by atoms with E-state index in [0.717, 1.165) is 36.9 Å². The quantitative estimate of drug-likeness (QED) is 0.639. The predicted octanol–water partition coefficient (Wildman–Crippen LogP) is 2.73. The van der Waals surface area contributed by atoms with Gasteiger partial charge in [-0.25, -0.2) is 18.2 Å². The first-order valence-electron chi connectivity index (χ1n) is 10.9. The fourth-order valence-electron chi connectivity index (χ4n) is 3.99. The lowest BCUT2D eigenvalue weighted by Gasteiger charge is -2.24. The molecule has 2 amide bonds. The van der Waals surface area contributed by atoms with Gasteiger partial charge in [-0.15, -0.1) is 0 Å². The molecule has 1 atom stereocenters. The van der Waals surface area contributed by atoms with Crippen molar-refractivity contribution in [2.45, 2.75) is 68.8 Å². The average molecular weight is 447 g/mol. The summed E-state index contributed by atoms with van der Waals surface area (Å²) in [6, 6.07) is 9.20. The fourth-order valence-corrected chi connectivity index (χ4v) is 5.49. The van der Waals surface area contributed by atoms with E-state index >= 15 is 0 Å². The first-order chi connectivity index (χ1) is 15.0. The number of hydrogen-bond donors (Lipinski definition) is 1. The molecule has 8 nitrogen and oxygen atoms in total. The number of sulfone groups is 1. The molecule has 1 aromatic carbocycles. The zero-order valence-corrected chi connectivity index (χ0v) is 18.7. The minimum atomic E-state index is -3.66. The maximum absolute atomic E-state index is 13.3. The Bertz CT molecular complexity index is 996. The van der Waals surface area contributed by atoms with Gasteiger partial charge >= 0.3 is 6.03 Å². The highest BCUT2D eigenvalue weighted by Gasteiger charge is 2.34. The number of nitrogens with one attached hydrogen (secondary N) is 1. The number of nitrogens with zero attached hydrogens (tertiary/aromatic N) is 3. The third-order valence-corrected chi connectivity index (χ3v) is 7.29. The maximum Gasteiger partial charge on any atom is 0.317 e. The standard InChI is InChI=1S/C22H30N4O4S/c1-2-23-21(27)25(18-10-11-18)14-19-13-24-22(26(19)15-20-9-6-12-30-20)31(28,29)16-17-7-4-3-5-8-17/h3-5,7-8,13,18,20H,2,6,9-12,14-16H2,1H3,(H,23,27)/t20-/m1/s1. The van der Waals surface area contributed by atoms with E-state index < -0.39 is 9.84 Å². The Kier molecular flexibility index (Phi) is 6.62. The summed E-state index contributed by atoms with van der Waals surface area (Å²) in [7, 11) is -3.66. The van der Waals surface area contributed by atoms with Crippen molar-refractivity contribution in [1.82, 2.24) is 19.8 Å². The third kappa shape index (κ3) is 5.27. The van der Waals surface area contributed by atoms with Crippen molar-refractivity contribution in [3.05, 3.63) is 47.8 Å². The smallest absolute Gasteiger partial charge is 0.317 e. The van der Waals surface area contributed by atoms with E-state index in [1.165, 1.54) is 0 Å². The average Bonchev–Trinajstić information content (AvgIpc) is 3.29. The van der Waals surface area contributed by atoms with Gasteiger partial charge in [0.25, 0.3) is 0 Å². The zero-order chi connectivity index (χ0) is 21.8. The Balaban J connectivity index is 1.63. The Morgan fingerprint density at radius 1 is 1.26 bits per heavy atom. The molecule has 0 unspecified atom stereocenters. The second kappa shape index (κ2) is 9.40. The number of carbonyl (C=O) groups excluding carboxylic acids is 1. The Hall–Kier alpha value is -2.39. The first kappa shape index (κ1) is 21.8. The van der Waals surface area contributed by atoms with Crippen molar-refractivity contribution in [1.29, 1.82) is 0 Å². The fraction of sp³-hybridized carbons (Fsp3) is 0.545. The summed E-state index contributed by atoms with van der Waals surface area (Å²) in [5.41, 5.74) is 1.44. The van der Waals surface area contributed by atoms with Gasteiger partial charge in [0, 0.05) is 19.2 Å². The highest BCUT2D eigenvalue weighted by molar-refractivity contribution is 7.90. The number of urea groups is 1. The van der Waals surface area contributed by atoms with Crippen LogP contribution in [0.3, 0.4) is 0 Å². The summed E-state index contributed by atoms with van der Waals surface area (Å²) in [5, 5.41) is 2.91. The first-order valence-corrected chi connectivity index (χ1v) is 12.6. The van der Waals surface area contributed by atoms with E-state index in [1.54, 1.807) is 27.8 Å². The van der Waals surface area contributed by atoms with Crippen molar-refractivity contribution >= 4 is 15.9 Å². The molecule has 0 radical (unpaired) electrons. The molecule has 0 spiro atoms. The van der Waals surface area contributed by atoms with Gasteiger partial charge in [0.15, 0.2) is 0 Å². The van der Waals surface area contributed by atoms with E-state index in [2.05, 4.69) is 10.3 Å². The summed E-state index contributed by atoms with van der Waals surface area (Å²) in [6.07, 6.45) is 5.35. The molecule has 0 bridgehead atoms. The number of aromatic nitrogens is 2. The molecular formula is C22H30N4O4S. The molecule has 31 heavy (non-hydrogen) atoms. The normalized spacial score (nSPS) is 18.8. The van der Waals surface area contributed by atoms with Crippen LogP contribution in [0.5, 0.6) is 0 Å². The van der Waals surface area contributed by atoms with Crippen molar-refractivity contribution in [2.75, 3.05) is 13.2 Å². The monoisotopic (exact) mass is 446 g/mol. The summed E-state index contributed by atoms with van der Waals surface area (Å²) in [6.45, 7) is 3.88. The second-order valence-electron chi connectivity index (χ2n) is 8.22. The van der Waals surface area contributed by atoms with Crippen LogP contribution in [0.4, 0.5) is 4.79 Å². The molecule has 1 aliphatic heterocycles. The minimum absolute atomic E-state index is 0.0440. The molecule has 2 aliphatic rings. The van der Waals surface area contributed by atoms with Gasteiger partial charge in [0.05, 0.1) is 36.8 Å². The number of amides is 2. The Morgan fingerprint density at radius 2 is 2.03 bits per heavy atom. The summed E-state index contributed by atoms with van der Waals surface area (Å²) >= 11 is 0. The van der Waals surface area contributed by atoms with E-state index in [9.17, 15) is 13.2 Å². The summed E-state index contributed by atoms with van der Waals surface area (Å²) < 4.78 is 34.1. The van der Waals surface area contributed by atoms with Gasteiger partial charge in [0.2, 0.25) is 15.0 Å². The van der Waals surface area contributed by atoms with E-state index in [-0.39, 0.29) is 29.1 Å². The SMILES string of the molecule is CCNC(=O)N(Cc1cnc(S(=O)(=O)Cc2ccccc2)n1C[C@H]1CCCO1)C1CC1. The number of imidazole rings is 1. The molecule has 2 fully saturated rings. The lowest BCUT2D eigenvalue weighted by atomic mass is 10.2. The topological polar surface area (TPSA) is 93.5 Å². The van der Waals surface area contributed by atoms with E-state index in [1.807, 2.05) is 25.1 Å². The molecule has 1 saturated heterocycles. The van der Waals surface area contributed by atoms with Crippen LogP contribution in [0.25, 0.3) is 0 Å². The molecule has 1 saturated carbocycles. The number of rotatable bonds is 9. The molecule has 2 heterocycles. The van der Waals surface area contributed by atoms with Crippen LogP contribution in [0, 0.1) is 0 Å². The van der Waals surface area contributed by atoms with Crippen LogP contribution >= 0.6 is 0 Å². The van der Waals surface area contributed by atoms with Gasteiger partial charge in [-0.05, 0) is 38.2 Å². The lowest BCUT2D eigenvalue weighted by molar-refractivity contribution is 0.0934. The number of ether oxygens (including phenoxy) is 1. The third-order valence-electron chi connectivity index (χ3n) is 5.70. The Labute approximate surface area is 183 Å². The van der Waals surface area contributed by atoms with Gasteiger partial charge in [-0.3, -0.25) is 0 Å². The van der Waals surface area contributed by atoms with E-state index in [0.29, 0.717) is 26.2 Å². The molecule has 9 heteroatoms. The van der Waals surface area contributed by atoms with Gasteiger partial charge in [0.1, 0.15) is 0 Å². The maximum atomic E-state index is 13.3. The van der Waals surface area contributed by atoms with Crippen LogP contribution < -0.4 is 5.32 Å². The Morgan fingerprint density at radius 3 is 2.68 bits per heavy atom. The molecule has 4 rings (SSSR count). The van der Waals surface area contributed by atoms with Crippen molar-refractivity contribution < 1.29 is 17.9 Å². The molecule has 1 aromatic heterocycles. The number of carbonyl (C=O) groups is 1. The van der Waals surface area contributed by atoms with Crippen LogP contribution in [0.15, 0.2) is 41.7 Å². The van der Waals surface area contributed by atoms with Gasteiger partial charge in [-0.2, -0.15) is 0 Å². The largest absolute Gasteiger partial charge is 0.376 e. The highest BCUT2D eigenvalue weighted by Crippen LogP contribution is 2.29. The van der Waals surface area contributed by atoms with Crippen LogP contribution in [-0.4, -0.2) is 54.2 Å². The van der Waals surface area contributed by atoms with E-state index in [4.69, 9.17) is 4.74 Å². The molecule has 1 N–H and O–H groups in total. The molecular weight excluding hydrogens is 416 g/mol. The highest BCUT2D eigenvalue weighted by atomic mass is 32.2. The molecule has 1 aliphatic carbocycles. The van der Waals surface area contributed by atoms with Crippen LogP contribution in [0.1, 0.15) is 43.9 Å². The number of benzene rings is 1. The van der Waals surface area contributed by atoms with Crippen molar-refractivity contribution in [3.63, 3.8) is 0 Å². The predicted molar refractivity (Wildman–Crippen MR) is 116 cm³/mol. The van der Waals surface area contributed by atoms with Crippen LogP contribution in [-0.2, 0) is 33.4 Å². The van der Waals surface area contributed by atoms with Crippen molar-refractivity contribution in [3.8, 4) is 0 Å². The minimum Gasteiger partial charge on any atom is -0.376 e. The second-order valence-corrected chi connectivity index (χ2v) is 10.1. The lowest BCUT2D eigenvalue weighted by Crippen LogP contribution is -2.41.